The summed E-state index contributed by atoms with van der Waals surface area (Å²) in [6, 6.07) is 9.30. The van der Waals surface area contributed by atoms with Crippen molar-refractivity contribution in [2.75, 3.05) is 20.8 Å². The van der Waals surface area contributed by atoms with Crippen LogP contribution in [-0.2, 0) is 15.7 Å². The van der Waals surface area contributed by atoms with Gasteiger partial charge in [0.15, 0.2) is 17.6 Å². The van der Waals surface area contributed by atoms with Gasteiger partial charge in [-0.25, -0.2) is 9.50 Å². The van der Waals surface area contributed by atoms with Crippen LogP contribution in [0.4, 0.5) is 13.2 Å². The van der Waals surface area contributed by atoms with E-state index in [9.17, 15) is 18.0 Å². The molecule has 1 aromatic carbocycles. The number of fused-ring (bicyclic) bond motifs is 1. The van der Waals surface area contributed by atoms with E-state index < -0.39 is 24.1 Å². The summed E-state index contributed by atoms with van der Waals surface area (Å²) in [4.78, 5) is 16.7. The molecule has 1 amide bonds. The summed E-state index contributed by atoms with van der Waals surface area (Å²) < 4.78 is 51.2. The Hall–Kier alpha value is -2.98. The Balaban J connectivity index is 2.07. The number of hydrogen-bond donors (Lipinski definition) is 1. The van der Waals surface area contributed by atoms with E-state index in [1.807, 2.05) is 0 Å². The van der Waals surface area contributed by atoms with Gasteiger partial charge in [-0.05, 0) is 6.07 Å². The first-order valence-electron chi connectivity index (χ1n) is 8.20. The van der Waals surface area contributed by atoms with Crippen LogP contribution in [-0.4, -0.2) is 47.6 Å². The van der Waals surface area contributed by atoms with E-state index in [-0.39, 0.29) is 23.4 Å². The van der Waals surface area contributed by atoms with Crippen LogP contribution in [0.15, 0.2) is 42.6 Å². The van der Waals surface area contributed by atoms with Gasteiger partial charge >= 0.3 is 6.18 Å². The lowest BCUT2D eigenvalue weighted by Crippen LogP contribution is -2.34. The molecular weight excluding hydrogens is 377 g/mol. The van der Waals surface area contributed by atoms with Gasteiger partial charge in [-0.2, -0.15) is 18.3 Å². The minimum absolute atomic E-state index is 0.00762. The third-order valence-electron chi connectivity index (χ3n) is 4.03. The van der Waals surface area contributed by atoms with Crippen LogP contribution < -0.4 is 5.32 Å². The first-order chi connectivity index (χ1) is 13.3. The average molecular weight is 394 g/mol. The molecule has 3 rings (SSSR count). The monoisotopic (exact) mass is 394 g/mol. The SMILES string of the molecule is COC(CNC(=O)c1cnn2c(C(F)(F)F)cc(-c3ccccc3)nc12)OC. The number of carbonyl (C=O) groups excluding carboxylic acids is 1. The number of benzene rings is 1. The number of halogens is 3. The molecule has 0 bridgehead atoms. The van der Waals surface area contributed by atoms with E-state index >= 15 is 0 Å². The van der Waals surface area contributed by atoms with Crippen LogP contribution in [0.5, 0.6) is 0 Å². The van der Waals surface area contributed by atoms with E-state index in [4.69, 9.17) is 9.47 Å². The summed E-state index contributed by atoms with van der Waals surface area (Å²) in [5.74, 6) is -0.639. The predicted octanol–water partition coefficient (Wildman–Crippen LogP) is 2.76. The molecule has 10 heteroatoms. The van der Waals surface area contributed by atoms with E-state index in [0.717, 1.165) is 12.3 Å². The Kier molecular flexibility index (Phi) is 5.61. The molecule has 2 aromatic heterocycles. The molecule has 0 aliphatic rings. The zero-order chi connectivity index (χ0) is 20.3. The van der Waals surface area contributed by atoms with Crippen molar-refractivity contribution in [2.45, 2.75) is 12.5 Å². The second kappa shape index (κ2) is 7.95. The lowest BCUT2D eigenvalue weighted by molar-refractivity contribution is -0.142. The van der Waals surface area contributed by atoms with Crippen LogP contribution in [0.2, 0.25) is 0 Å². The number of rotatable bonds is 6. The number of carbonyl (C=O) groups is 1. The summed E-state index contributed by atoms with van der Waals surface area (Å²) in [5, 5.41) is 6.25. The molecule has 0 aliphatic carbocycles. The molecule has 3 aromatic rings. The topological polar surface area (TPSA) is 77.8 Å². The van der Waals surface area contributed by atoms with Gasteiger partial charge in [-0.15, -0.1) is 0 Å². The first kappa shape index (κ1) is 19.8. The van der Waals surface area contributed by atoms with Gasteiger partial charge in [-0.3, -0.25) is 4.79 Å². The Labute approximate surface area is 158 Å². The van der Waals surface area contributed by atoms with Crippen molar-refractivity contribution in [1.82, 2.24) is 19.9 Å². The molecule has 28 heavy (non-hydrogen) atoms. The van der Waals surface area contributed by atoms with E-state index in [0.29, 0.717) is 10.1 Å². The predicted molar refractivity (Wildman–Crippen MR) is 93.6 cm³/mol. The van der Waals surface area contributed by atoms with Crippen molar-refractivity contribution in [3.05, 3.63) is 53.9 Å². The van der Waals surface area contributed by atoms with Gasteiger partial charge in [-0.1, -0.05) is 30.3 Å². The van der Waals surface area contributed by atoms with E-state index in [1.165, 1.54) is 14.2 Å². The lowest BCUT2D eigenvalue weighted by Gasteiger charge is -2.14. The molecule has 0 atom stereocenters. The van der Waals surface area contributed by atoms with Gasteiger partial charge in [0.2, 0.25) is 0 Å². The second-order valence-electron chi connectivity index (χ2n) is 5.80. The number of ether oxygens (including phenoxy) is 2. The third kappa shape index (κ3) is 3.97. The molecule has 1 N–H and O–H groups in total. The molecule has 0 spiro atoms. The van der Waals surface area contributed by atoms with Crippen molar-refractivity contribution in [3.8, 4) is 11.3 Å². The van der Waals surface area contributed by atoms with Crippen molar-refractivity contribution in [3.63, 3.8) is 0 Å². The number of alkyl halides is 3. The quantitative estimate of drug-likeness (QED) is 0.651. The Morgan fingerprint density at radius 1 is 1.21 bits per heavy atom. The summed E-state index contributed by atoms with van der Waals surface area (Å²) >= 11 is 0. The zero-order valence-corrected chi connectivity index (χ0v) is 15.0. The fourth-order valence-electron chi connectivity index (χ4n) is 2.62. The van der Waals surface area contributed by atoms with E-state index in [1.54, 1.807) is 30.3 Å². The second-order valence-corrected chi connectivity index (χ2v) is 5.80. The van der Waals surface area contributed by atoms with Gasteiger partial charge < -0.3 is 14.8 Å². The molecule has 7 nitrogen and oxygen atoms in total. The molecule has 0 unspecified atom stereocenters. The number of aromatic nitrogens is 3. The largest absolute Gasteiger partial charge is 0.433 e. The molecule has 2 heterocycles. The van der Waals surface area contributed by atoms with Crippen LogP contribution >= 0.6 is 0 Å². The van der Waals surface area contributed by atoms with Crippen LogP contribution in [0.3, 0.4) is 0 Å². The molecule has 0 aliphatic heterocycles. The zero-order valence-electron chi connectivity index (χ0n) is 15.0. The highest BCUT2D eigenvalue weighted by atomic mass is 19.4. The van der Waals surface area contributed by atoms with Crippen molar-refractivity contribution >= 4 is 11.6 Å². The Morgan fingerprint density at radius 3 is 2.50 bits per heavy atom. The number of nitrogens with one attached hydrogen (secondary N) is 1. The van der Waals surface area contributed by atoms with Crippen LogP contribution in [0, 0.1) is 0 Å². The molecule has 0 radical (unpaired) electrons. The molecule has 0 saturated carbocycles. The fraction of sp³-hybridized carbons (Fsp3) is 0.278. The normalized spacial score (nSPS) is 11.9. The minimum atomic E-state index is -4.68. The molecule has 0 saturated heterocycles. The standard InChI is InChI=1S/C18H17F3N4O3/c1-27-15(28-2)10-22-17(26)12-9-23-25-14(18(19,20)21)8-13(24-16(12)25)11-6-4-3-5-7-11/h3-9,15H,10H2,1-2H3,(H,22,26). The first-order valence-corrected chi connectivity index (χ1v) is 8.20. The van der Waals surface area contributed by atoms with Gasteiger partial charge in [0.25, 0.3) is 5.91 Å². The maximum atomic E-state index is 13.5. The molecule has 148 valence electrons. The van der Waals surface area contributed by atoms with Crippen molar-refractivity contribution in [1.29, 1.82) is 0 Å². The highest BCUT2D eigenvalue weighted by molar-refractivity contribution is 5.99. The average Bonchev–Trinajstić information content (AvgIpc) is 3.11. The Morgan fingerprint density at radius 2 is 1.89 bits per heavy atom. The highest BCUT2D eigenvalue weighted by Crippen LogP contribution is 2.32. The number of methoxy groups -OCH3 is 2. The number of amides is 1. The van der Waals surface area contributed by atoms with Gasteiger partial charge in [0, 0.05) is 19.8 Å². The van der Waals surface area contributed by atoms with Crippen molar-refractivity contribution < 1.29 is 27.4 Å². The van der Waals surface area contributed by atoms with Gasteiger partial charge in [0.05, 0.1) is 18.4 Å². The third-order valence-corrected chi connectivity index (χ3v) is 4.03. The van der Waals surface area contributed by atoms with Crippen LogP contribution in [0.1, 0.15) is 16.1 Å². The smallest absolute Gasteiger partial charge is 0.354 e. The maximum absolute atomic E-state index is 13.5. The summed E-state index contributed by atoms with van der Waals surface area (Å²) in [6.07, 6.45) is -4.32. The summed E-state index contributed by atoms with van der Waals surface area (Å²) in [6.45, 7) is 0.00762. The Bertz CT molecular complexity index is 969. The summed E-state index contributed by atoms with van der Waals surface area (Å²) in [7, 11) is 2.80. The molecular formula is C18H17F3N4O3. The number of nitrogens with zero attached hydrogens (tertiary/aromatic N) is 3. The minimum Gasteiger partial charge on any atom is -0.354 e. The maximum Gasteiger partial charge on any atom is 0.433 e. The van der Waals surface area contributed by atoms with Crippen molar-refractivity contribution in [2.24, 2.45) is 0 Å². The highest BCUT2D eigenvalue weighted by Gasteiger charge is 2.36. The summed E-state index contributed by atoms with van der Waals surface area (Å²) in [5.41, 5.74) is -0.739. The fourth-order valence-corrected chi connectivity index (χ4v) is 2.62. The van der Waals surface area contributed by atoms with Crippen LogP contribution in [0.25, 0.3) is 16.9 Å². The number of hydrogen-bond acceptors (Lipinski definition) is 5. The lowest BCUT2D eigenvalue weighted by atomic mass is 10.1. The van der Waals surface area contributed by atoms with Gasteiger partial charge in [0.1, 0.15) is 5.56 Å². The van der Waals surface area contributed by atoms with E-state index in [2.05, 4.69) is 15.4 Å². The molecule has 0 fully saturated rings.